The maximum Gasteiger partial charge on any atom is 0.226 e. The van der Waals surface area contributed by atoms with Crippen LogP contribution in [0.1, 0.15) is 36.4 Å². The highest BCUT2D eigenvalue weighted by Crippen LogP contribution is 2.39. The molecule has 1 aromatic heterocycles. The molecule has 0 fully saturated rings. The van der Waals surface area contributed by atoms with Gasteiger partial charge in [0, 0.05) is 17.7 Å². The topological polar surface area (TPSA) is 59.8 Å². The molecular formula is C16H16N4O. The summed E-state index contributed by atoms with van der Waals surface area (Å²) in [5.41, 5.74) is 4.15. The second-order valence-electron chi connectivity index (χ2n) is 5.64. The number of aromatic nitrogens is 3. The molecule has 2 aliphatic rings. The Hall–Kier alpha value is -2.43. The van der Waals surface area contributed by atoms with E-state index in [1.807, 2.05) is 4.68 Å². The van der Waals surface area contributed by atoms with E-state index in [-0.39, 0.29) is 11.8 Å². The lowest BCUT2D eigenvalue weighted by atomic mass is 9.85. The summed E-state index contributed by atoms with van der Waals surface area (Å²) in [6.07, 6.45) is 3.95. The number of carbonyl (C=O) groups is 1. The van der Waals surface area contributed by atoms with Crippen LogP contribution < -0.4 is 5.32 Å². The first-order valence-electron chi connectivity index (χ1n) is 7.23. The van der Waals surface area contributed by atoms with Crippen molar-refractivity contribution in [2.45, 2.75) is 32.2 Å². The van der Waals surface area contributed by atoms with Gasteiger partial charge in [0.05, 0.1) is 0 Å². The van der Waals surface area contributed by atoms with Crippen molar-refractivity contribution in [2.75, 3.05) is 5.32 Å². The Morgan fingerprint density at radius 3 is 2.86 bits per heavy atom. The number of aryl methyl sites for hydroxylation is 1. The highest BCUT2D eigenvalue weighted by atomic mass is 16.1. The van der Waals surface area contributed by atoms with E-state index in [0.29, 0.717) is 12.4 Å². The Morgan fingerprint density at radius 1 is 1.24 bits per heavy atom. The summed E-state index contributed by atoms with van der Waals surface area (Å²) in [5, 5.41) is 7.59. The third-order valence-corrected chi connectivity index (χ3v) is 4.20. The highest BCUT2D eigenvalue weighted by molar-refractivity contribution is 5.99. The fourth-order valence-corrected chi connectivity index (χ4v) is 3.15. The van der Waals surface area contributed by atoms with E-state index in [9.17, 15) is 4.79 Å². The fourth-order valence-electron chi connectivity index (χ4n) is 3.15. The Morgan fingerprint density at radius 2 is 2.05 bits per heavy atom. The minimum Gasteiger partial charge on any atom is -0.328 e. The zero-order valence-corrected chi connectivity index (χ0v) is 11.8. The molecule has 0 spiro atoms. The number of hydrogen-bond acceptors (Lipinski definition) is 4. The van der Waals surface area contributed by atoms with Crippen LogP contribution in [0.4, 0.5) is 5.95 Å². The molecule has 1 atom stereocenters. The summed E-state index contributed by atoms with van der Waals surface area (Å²) in [6, 6.07) is 8.13. The second-order valence-corrected chi connectivity index (χ2v) is 5.64. The zero-order chi connectivity index (χ0) is 14.4. The normalized spacial score (nSPS) is 20.8. The van der Waals surface area contributed by atoms with Crippen LogP contribution in [-0.2, 0) is 4.79 Å². The maximum atomic E-state index is 12.5. The summed E-state index contributed by atoms with van der Waals surface area (Å²) in [6.45, 7) is 2.06. The predicted octanol–water partition coefficient (Wildman–Crippen LogP) is 2.61. The Balaban J connectivity index is 1.91. The molecule has 2 aromatic rings. The monoisotopic (exact) mass is 280 g/mol. The molecule has 21 heavy (non-hydrogen) atoms. The molecule has 1 aromatic carbocycles. The van der Waals surface area contributed by atoms with E-state index in [1.54, 1.807) is 0 Å². The molecule has 106 valence electrons. The SMILES string of the molecule is Cc1ccc(C2C3=C(CCCC3=O)Nc3ncnn32)cc1. The highest BCUT2D eigenvalue weighted by Gasteiger charge is 2.35. The second kappa shape index (κ2) is 4.55. The molecule has 1 aliphatic heterocycles. The van der Waals surface area contributed by atoms with E-state index in [1.165, 1.54) is 11.9 Å². The first kappa shape index (κ1) is 12.3. The van der Waals surface area contributed by atoms with Crippen molar-refractivity contribution in [2.24, 2.45) is 0 Å². The van der Waals surface area contributed by atoms with Gasteiger partial charge in [0.25, 0.3) is 0 Å². The number of carbonyl (C=O) groups excluding carboxylic acids is 1. The van der Waals surface area contributed by atoms with Gasteiger partial charge in [0.2, 0.25) is 5.95 Å². The first-order chi connectivity index (χ1) is 10.2. The van der Waals surface area contributed by atoms with Gasteiger partial charge in [-0.05, 0) is 25.3 Å². The largest absolute Gasteiger partial charge is 0.328 e. The number of nitrogens with one attached hydrogen (secondary N) is 1. The average Bonchev–Trinajstić information content (AvgIpc) is 2.94. The van der Waals surface area contributed by atoms with Gasteiger partial charge in [-0.2, -0.15) is 10.1 Å². The van der Waals surface area contributed by atoms with Gasteiger partial charge >= 0.3 is 0 Å². The predicted molar refractivity (Wildman–Crippen MR) is 78.8 cm³/mol. The van der Waals surface area contributed by atoms with Crippen molar-refractivity contribution in [1.82, 2.24) is 14.8 Å². The van der Waals surface area contributed by atoms with Crippen molar-refractivity contribution in [1.29, 1.82) is 0 Å². The van der Waals surface area contributed by atoms with Crippen LogP contribution in [0.25, 0.3) is 0 Å². The number of rotatable bonds is 1. The minimum absolute atomic E-state index is 0.160. The van der Waals surface area contributed by atoms with E-state index in [0.717, 1.165) is 29.7 Å². The van der Waals surface area contributed by atoms with Crippen molar-refractivity contribution in [3.05, 3.63) is 53.0 Å². The van der Waals surface area contributed by atoms with Gasteiger partial charge in [-0.1, -0.05) is 29.8 Å². The summed E-state index contributed by atoms with van der Waals surface area (Å²) >= 11 is 0. The van der Waals surface area contributed by atoms with Gasteiger partial charge in [0.15, 0.2) is 5.78 Å². The molecule has 0 bridgehead atoms. The zero-order valence-electron chi connectivity index (χ0n) is 11.8. The van der Waals surface area contributed by atoms with Crippen LogP contribution in [0.15, 0.2) is 41.9 Å². The number of hydrogen-bond donors (Lipinski definition) is 1. The molecule has 5 heteroatoms. The summed E-state index contributed by atoms with van der Waals surface area (Å²) in [5.74, 6) is 0.935. The number of ketones is 1. The quantitative estimate of drug-likeness (QED) is 0.872. The number of nitrogens with zero attached hydrogens (tertiary/aromatic N) is 3. The van der Waals surface area contributed by atoms with Gasteiger partial charge in [-0.3, -0.25) is 4.79 Å². The van der Waals surface area contributed by atoms with Gasteiger partial charge in [-0.15, -0.1) is 0 Å². The summed E-state index contributed by atoms with van der Waals surface area (Å²) in [4.78, 5) is 16.7. The number of allylic oxidation sites excluding steroid dienone is 2. The Bertz CT molecular complexity index is 742. The Labute approximate surface area is 122 Å². The van der Waals surface area contributed by atoms with E-state index in [2.05, 4.69) is 46.6 Å². The molecule has 0 radical (unpaired) electrons. The molecule has 0 saturated heterocycles. The molecule has 0 saturated carbocycles. The van der Waals surface area contributed by atoms with Crippen molar-refractivity contribution < 1.29 is 4.79 Å². The third-order valence-electron chi connectivity index (χ3n) is 4.20. The lowest BCUT2D eigenvalue weighted by Crippen LogP contribution is -2.31. The van der Waals surface area contributed by atoms with Crippen LogP contribution in [-0.4, -0.2) is 20.5 Å². The lowest BCUT2D eigenvalue weighted by Gasteiger charge is -2.32. The van der Waals surface area contributed by atoms with Crippen molar-refractivity contribution in [3.8, 4) is 0 Å². The van der Waals surface area contributed by atoms with Gasteiger partial charge < -0.3 is 5.32 Å². The molecule has 1 aliphatic carbocycles. The van der Waals surface area contributed by atoms with Crippen LogP contribution in [0.2, 0.25) is 0 Å². The maximum absolute atomic E-state index is 12.5. The van der Waals surface area contributed by atoms with Crippen LogP contribution in [0.3, 0.4) is 0 Å². The minimum atomic E-state index is -0.160. The van der Waals surface area contributed by atoms with Crippen LogP contribution in [0.5, 0.6) is 0 Å². The van der Waals surface area contributed by atoms with Crippen molar-refractivity contribution in [3.63, 3.8) is 0 Å². The van der Waals surface area contributed by atoms with E-state index in [4.69, 9.17) is 0 Å². The summed E-state index contributed by atoms with van der Waals surface area (Å²) in [7, 11) is 0. The smallest absolute Gasteiger partial charge is 0.226 e. The molecule has 2 heterocycles. The summed E-state index contributed by atoms with van der Waals surface area (Å²) < 4.78 is 1.81. The molecule has 1 unspecified atom stereocenters. The molecule has 4 rings (SSSR count). The van der Waals surface area contributed by atoms with Crippen LogP contribution in [0, 0.1) is 6.92 Å². The molecule has 5 nitrogen and oxygen atoms in total. The van der Waals surface area contributed by atoms with Crippen LogP contribution >= 0.6 is 0 Å². The number of benzene rings is 1. The van der Waals surface area contributed by atoms with Crippen molar-refractivity contribution >= 4 is 11.7 Å². The molecule has 0 amide bonds. The number of Topliss-reactive ketones (excluding diaryl/α,β-unsaturated/α-hetero) is 1. The van der Waals surface area contributed by atoms with E-state index < -0.39 is 0 Å². The van der Waals surface area contributed by atoms with E-state index >= 15 is 0 Å². The first-order valence-corrected chi connectivity index (χ1v) is 7.23. The average molecular weight is 280 g/mol. The fraction of sp³-hybridized carbons (Fsp3) is 0.312. The Kier molecular flexibility index (Phi) is 2.67. The van der Waals surface area contributed by atoms with Gasteiger partial charge in [-0.25, -0.2) is 4.68 Å². The molecular weight excluding hydrogens is 264 g/mol. The lowest BCUT2D eigenvalue weighted by molar-refractivity contribution is -0.116. The van der Waals surface area contributed by atoms with Gasteiger partial charge in [0.1, 0.15) is 12.4 Å². The number of anilines is 1. The molecule has 1 N–H and O–H groups in total. The third kappa shape index (κ3) is 1.88. The number of fused-ring (bicyclic) bond motifs is 1. The standard InChI is InChI=1S/C16H16N4O/c1-10-5-7-11(8-6-10)15-14-12(3-2-4-13(14)21)19-16-17-9-18-20(15)16/h5-9,15H,2-4H2,1H3,(H,17,18,19).